The monoisotopic (exact) mass is 240 g/mol. The molecule has 1 aliphatic rings. The van der Waals surface area contributed by atoms with E-state index in [2.05, 4.69) is 4.72 Å². The Bertz CT molecular complexity index is 525. The second kappa shape index (κ2) is 3.88. The van der Waals surface area contributed by atoms with Crippen LogP contribution in [0, 0.1) is 6.92 Å². The first-order valence-electron chi connectivity index (χ1n) is 4.86. The molecule has 2 rings (SSSR count). The van der Waals surface area contributed by atoms with E-state index < -0.39 is 22.2 Å². The van der Waals surface area contributed by atoms with Gasteiger partial charge in [0.25, 0.3) is 0 Å². The predicted molar refractivity (Wildman–Crippen MR) is 58.7 cm³/mol. The summed E-state index contributed by atoms with van der Waals surface area (Å²) in [5, 5.41) is 0. The molecule has 1 atom stereocenters. The van der Waals surface area contributed by atoms with Crippen molar-refractivity contribution in [2.24, 2.45) is 0 Å². The highest BCUT2D eigenvalue weighted by Gasteiger charge is 2.29. The zero-order valence-corrected chi connectivity index (χ0v) is 9.54. The van der Waals surface area contributed by atoms with Gasteiger partial charge < -0.3 is 0 Å². The first kappa shape index (κ1) is 11.1. The maximum atomic E-state index is 11.3. The molecule has 1 aromatic rings. The first-order valence-corrected chi connectivity index (χ1v) is 6.34. The van der Waals surface area contributed by atoms with E-state index >= 15 is 0 Å². The molecule has 0 radical (unpaired) electrons. The van der Waals surface area contributed by atoms with Crippen molar-refractivity contribution in [1.29, 1.82) is 0 Å². The van der Waals surface area contributed by atoms with Gasteiger partial charge in [0.15, 0.2) is 0 Å². The van der Waals surface area contributed by atoms with E-state index in [-0.39, 0.29) is 6.42 Å². The number of carbonyl (C=O) groups is 1. The Labute approximate surface area is 94.0 Å². The molecule has 16 heavy (non-hydrogen) atoms. The van der Waals surface area contributed by atoms with Crippen LogP contribution in [-0.4, -0.2) is 14.3 Å². The number of carbonyl (C=O) groups excluding carboxylic acids is 1. The van der Waals surface area contributed by atoms with Gasteiger partial charge in [-0.3, -0.25) is 4.79 Å². The zero-order chi connectivity index (χ0) is 11.8. The maximum absolute atomic E-state index is 11.3. The van der Waals surface area contributed by atoms with Gasteiger partial charge in [-0.1, -0.05) is 29.8 Å². The summed E-state index contributed by atoms with van der Waals surface area (Å²) < 4.78 is 26.9. The Hall–Kier alpha value is -1.40. The van der Waals surface area contributed by atoms with Gasteiger partial charge in [0.05, 0.1) is 6.04 Å². The van der Waals surface area contributed by atoms with Gasteiger partial charge in [-0.05, 0) is 12.5 Å². The SMILES string of the molecule is Cc1cccc(C2CC(=O)NS(=O)(=O)N2)c1. The van der Waals surface area contributed by atoms with Gasteiger partial charge in [-0.25, -0.2) is 4.72 Å². The fraction of sp³-hybridized carbons (Fsp3) is 0.300. The molecule has 86 valence electrons. The lowest BCUT2D eigenvalue weighted by atomic mass is 10.0. The third-order valence-corrected chi connectivity index (χ3v) is 3.47. The quantitative estimate of drug-likeness (QED) is 0.745. The van der Waals surface area contributed by atoms with Gasteiger partial charge >= 0.3 is 10.2 Å². The van der Waals surface area contributed by atoms with Crippen LogP contribution in [0.25, 0.3) is 0 Å². The summed E-state index contributed by atoms with van der Waals surface area (Å²) >= 11 is 0. The molecular formula is C10H12N2O3S. The summed E-state index contributed by atoms with van der Waals surface area (Å²) in [5.41, 5.74) is 1.83. The standard InChI is InChI=1S/C10H12N2O3S/c1-7-3-2-4-8(5-7)9-6-10(13)12-16(14,15)11-9/h2-5,9,11H,6H2,1H3,(H,12,13). The highest BCUT2D eigenvalue weighted by molar-refractivity contribution is 7.88. The smallest absolute Gasteiger partial charge is 0.274 e. The van der Waals surface area contributed by atoms with Crippen molar-refractivity contribution >= 4 is 16.1 Å². The second-order valence-electron chi connectivity index (χ2n) is 3.82. The molecule has 0 spiro atoms. The Kier molecular flexibility index (Phi) is 2.69. The fourth-order valence-electron chi connectivity index (χ4n) is 1.71. The fourth-order valence-corrected chi connectivity index (χ4v) is 2.74. The lowest BCUT2D eigenvalue weighted by molar-refractivity contribution is -0.120. The van der Waals surface area contributed by atoms with E-state index in [1.807, 2.05) is 29.8 Å². The van der Waals surface area contributed by atoms with Crippen molar-refractivity contribution < 1.29 is 13.2 Å². The van der Waals surface area contributed by atoms with Gasteiger partial charge in [0, 0.05) is 6.42 Å². The number of hydrogen-bond donors (Lipinski definition) is 2. The second-order valence-corrected chi connectivity index (χ2v) is 5.26. The topological polar surface area (TPSA) is 75.3 Å². The number of nitrogens with one attached hydrogen (secondary N) is 2. The van der Waals surface area contributed by atoms with Crippen molar-refractivity contribution in [2.45, 2.75) is 19.4 Å². The first-order chi connectivity index (χ1) is 7.46. The third kappa shape index (κ3) is 2.40. The van der Waals surface area contributed by atoms with Crippen LogP contribution in [-0.2, 0) is 15.0 Å². The van der Waals surface area contributed by atoms with E-state index in [1.54, 1.807) is 6.07 Å². The molecule has 1 amide bonds. The molecule has 1 fully saturated rings. The van der Waals surface area contributed by atoms with Gasteiger partial charge in [-0.2, -0.15) is 13.1 Å². The van der Waals surface area contributed by atoms with E-state index in [1.165, 1.54) is 0 Å². The molecule has 6 heteroatoms. The number of benzene rings is 1. The molecule has 0 aromatic heterocycles. The highest BCUT2D eigenvalue weighted by atomic mass is 32.2. The van der Waals surface area contributed by atoms with Gasteiger partial charge in [0.2, 0.25) is 5.91 Å². The summed E-state index contributed by atoms with van der Waals surface area (Å²) in [6.45, 7) is 1.92. The van der Waals surface area contributed by atoms with Crippen LogP contribution in [0.15, 0.2) is 24.3 Å². The zero-order valence-electron chi connectivity index (χ0n) is 8.73. The van der Waals surface area contributed by atoms with Crippen LogP contribution in [0.1, 0.15) is 23.6 Å². The molecule has 0 aliphatic carbocycles. The Morgan fingerprint density at radius 2 is 2.12 bits per heavy atom. The normalized spacial score (nSPS) is 23.8. The molecule has 5 nitrogen and oxygen atoms in total. The van der Waals surface area contributed by atoms with Crippen LogP contribution < -0.4 is 9.44 Å². The molecule has 1 unspecified atom stereocenters. The summed E-state index contributed by atoms with van der Waals surface area (Å²) in [6, 6.07) is 6.95. The van der Waals surface area contributed by atoms with Crippen molar-refractivity contribution in [3.63, 3.8) is 0 Å². The predicted octanol–water partition coefficient (Wildman–Crippen LogP) is 0.390. The van der Waals surface area contributed by atoms with Crippen LogP contribution in [0.3, 0.4) is 0 Å². The van der Waals surface area contributed by atoms with E-state index in [4.69, 9.17) is 0 Å². The summed E-state index contributed by atoms with van der Waals surface area (Å²) in [6.07, 6.45) is 0.128. The Morgan fingerprint density at radius 3 is 2.75 bits per heavy atom. The van der Waals surface area contributed by atoms with Gasteiger partial charge in [-0.15, -0.1) is 0 Å². The summed E-state index contributed by atoms with van der Waals surface area (Å²) in [5.74, 6) is -0.481. The highest BCUT2D eigenvalue weighted by Crippen LogP contribution is 2.21. The molecule has 0 bridgehead atoms. The molecule has 1 heterocycles. The summed E-state index contributed by atoms with van der Waals surface area (Å²) in [4.78, 5) is 11.2. The van der Waals surface area contributed by atoms with Crippen LogP contribution in [0.4, 0.5) is 0 Å². The molecule has 2 N–H and O–H groups in total. The summed E-state index contributed by atoms with van der Waals surface area (Å²) in [7, 11) is -3.69. The van der Waals surface area contributed by atoms with Crippen molar-refractivity contribution in [3.8, 4) is 0 Å². The number of hydrogen-bond acceptors (Lipinski definition) is 3. The Morgan fingerprint density at radius 1 is 1.38 bits per heavy atom. The van der Waals surface area contributed by atoms with Gasteiger partial charge in [0.1, 0.15) is 0 Å². The average molecular weight is 240 g/mol. The van der Waals surface area contributed by atoms with Crippen molar-refractivity contribution in [2.75, 3.05) is 0 Å². The maximum Gasteiger partial charge on any atom is 0.301 e. The number of aryl methyl sites for hydroxylation is 1. The molecule has 0 saturated carbocycles. The third-order valence-electron chi connectivity index (χ3n) is 2.38. The molecular weight excluding hydrogens is 228 g/mol. The van der Waals surface area contributed by atoms with Crippen molar-refractivity contribution in [3.05, 3.63) is 35.4 Å². The minimum Gasteiger partial charge on any atom is -0.274 e. The largest absolute Gasteiger partial charge is 0.301 e. The lowest BCUT2D eigenvalue weighted by Gasteiger charge is -2.23. The van der Waals surface area contributed by atoms with Crippen LogP contribution >= 0.6 is 0 Å². The minimum atomic E-state index is -3.69. The average Bonchev–Trinajstić information content (AvgIpc) is 2.14. The molecule has 1 saturated heterocycles. The van der Waals surface area contributed by atoms with Crippen LogP contribution in [0.2, 0.25) is 0 Å². The molecule has 1 aromatic carbocycles. The number of rotatable bonds is 1. The van der Waals surface area contributed by atoms with E-state index in [0.29, 0.717) is 0 Å². The van der Waals surface area contributed by atoms with Crippen molar-refractivity contribution in [1.82, 2.24) is 9.44 Å². The Balaban J connectivity index is 2.31. The molecule has 1 aliphatic heterocycles. The minimum absolute atomic E-state index is 0.128. The van der Waals surface area contributed by atoms with E-state index in [0.717, 1.165) is 11.1 Å². The van der Waals surface area contributed by atoms with E-state index in [9.17, 15) is 13.2 Å². The lowest BCUT2D eigenvalue weighted by Crippen LogP contribution is -2.48. The van der Waals surface area contributed by atoms with Crippen LogP contribution in [0.5, 0.6) is 0 Å². The number of amides is 1.